The monoisotopic (exact) mass is 191 g/mol. The van der Waals surface area contributed by atoms with E-state index in [1.54, 1.807) is 0 Å². The molecule has 0 unspecified atom stereocenters. The van der Waals surface area contributed by atoms with Crippen LogP contribution in [0, 0.1) is 0 Å². The molecule has 4 N–H and O–H groups in total. The van der Waals surface area contributed by atoms with Crippen molar-refractivity contribution in [2.24, 2.45) is 0 Å². The maximum absolute atomic E-state index is 5.92. The molecule has 1 aromatic rings. The first-order chi connectivity index (χ1) is 6.77. The van der Waals surface area contributed by atoms with Crippen LogP contribution >= 0.6 is 0 Å². The van der Waals surface area contributed by atoms with Gasteiger partial charge in [0.1, 0.15) is 0 Å². The lowest BCUT2D eigenvalue weighted by atomic mass is 10.1. The summed E-state index contributed by atoms with van der Waals surface area (Å²) in [6.07, 6.45) is 3.85. The zero-order chi connectivity index (χ0) is 9.97. The highest BCUT2D eigenvalue weighted by atomic mass is 15.1. The van der Waals surface area contributed by atoms with Gasteiger partial charge in [0.2, 0.25) is 0 Å². The summed E-state index contributed by atoms with van der Waals surface area (Å²) in [6, 6.07) is 5.71. The van der Waals surface area contributed by atoms with Crippen molar-refractivity contribution in [3.8, 4) is 0 Å². The SMILES string of the molecule is Nc1ccc(N)c(N2CCCCC2)c1. The van der Waals surface area contributed by atoms with Crippen LogP contribution in [0.15, 0.2) is 18.2 Å². The molecule has 2 rings (SSSR count). The molecule has 0 spiro atoms. The molecule has 1 aliphatic rings. The molecule has 0 radical (unpaired) electrons. The van der Waals surface area contributed by atoms with E-state index in [0.717, 1.165) is 30.2 Å². The lowest BCUT2D eigenvalue weighted by molar-refractivity contribution is 0.578. The molecule has 1 saturated heterocycles. The number of nitrogens with two attached hydrogens (primary N) is 2. The topological polar surface area (TPSA) is 55.3 Å². The number of hydrogen-bond donors (Lipinski definition) is 2. The van der Waals surface area contributed by atoms with E-state index in [2.05, 4.69) is 4.90 Å². The number of benzene rings is 1. The maximum atomic E-state index is 5.92. The molecule has 1 heterocycles. The van der Waals surface area contributed by atoms with Crippen molar-refractivity contribution in [2.75, 3.05) is 29.5 Å². The van der Waals surface area contributed by atoms with E-state index < -0.39 is 0 Å². The summed E-state index contributed by atoms with van der Waals surface area (Å²) in [7, 11) is 0. The Labute approximate surface area is 84.7 Å². The Hall–Kier alpha value is -1.38. The molecule has 3 heteroatoms. The Morgan fingerprint density at radius 3 is 2.43 bits per heavy atom. The molecule has 0 bridgehead atoms. The quantitative estimate of drug-likeness (QED) is 0.666. The third-order valence-corrected chi connectivity index (χ3v) is 2.75. The summed E-state index contributed by atoms with van der Waals surface area (Å²) >= 11 is 0. The third kappa shape index (κ3) is 1.76. The maximum Gasteiger partial charge on any atom is 0.0620 e. The number of hydrogen-bond acceptors (Lipinski definition) is 3. The van der Waals surface area contributed by atoms with E-state index in [1.165, 1.54) is 19.3 Å². The van der Waals surface area contributed by atoms with Crippen molar-refractivity contribution < 1.29 is 0 Å². The van der Waals surface area contributed by atoms with Crippen LogP contribution in [0.1, 0.15) is 19.3 Å². The van der Waals surface area contributed by atoms with Crippen LogP contribution in [0.3, 0.4) is 0 Å². The molecule has 0 aliphatic carbocycles. The Bertz CT molecular complexity index is 316. The van der Waals surface area contributed by atoms with Crippen molar-refractivity contribution in [2.45, 2.75) is 19.3 Å². The van der Waals surface area contributed by atoms with Gasteiger partial charge >= 0.3 is 0 Å². The average Bonchev–Trinajstić information content (AvgIpc) is 2.23. The first-order valence-corrected chi connectivity index (χ1v) is 5.17. The number of rotatable bonds is 1. The second kappa shape index (κ2) is 3.78. The van der Waals surface area contributed by atoms with Gasteiger partial charge in [0.15, 0.2) is 0 Å². The highest BCUT2D eigenvalue weighted by Crippen LogP contribution is 2.27. The van der Waals surface area contributed by atoms with E-state index in [4.69, 9.17) is 11.5 Å². The normalized spacial score (nSPS) is 17.0. The minimum Gasteiger partial charge on any atom is -0.399 e. The van der Waals surface area contributed by atoms with Gasteiger partial charge in [-0.1, -0.05) is 0 Å². The van der Waals surface area contributed by atoms with Crippen LogP contribution in [0.25, 0.3) is 0 Å². The fraction of sp³-hybridized carbons (Fsp3) is 0.455. The molecule has 1 fully saturated rings. The van der Waals surface area contributed by atoms with E-state index in [-0.39, 0.29) is 0 Å². The fourth-order valence-corrected chi connectivity index (χ4v) is 1.97. The first-order valence-electron chi connectivity index (χ1n) is 5.17. The number of anilines is 3. The van der Waals surface area contributed by atoms with Gasteiger partial charge in [0, 0.05) is 18.8 Å². The molecule has 3 nitrogen and oxygen atoms in total. The molecular formula is C11H17N3. The van der Waals surface area contributed by atoms with Crippen LogP contribution in [0.2, 0.25) is 0 Å². The largest absolute Gasteiger partial charge is 0.399 e. The van der Waals surface area contributed by atoms with Crippen molar-refractivity contribution in [3.63, 3.8) is 0 Å². The lowest BCUT2D eigenvalue weighted by Crippen LogP contribution is -2.30. The lowest BCUT2D eigenvalue weighted by Gasteiger charge is -2.29. The Morgan fingerprint density at radius 2 is 1.71 bits per heavy atom. The van der Waals surface area contributed by atoms with Gasteiger partial charge in [-0.05, 0) is 37.5 Å². The van der Waals surface area contributed by atoms with Crippen LogP contribution < -0.4 is 16.4 Å². The zero-order valence-electron chi connectivity index (χ0n) is 8.37. The van der Waals surface area contributed by atoms with E-state index in [0.29, 0.717) is 0 Å². The van der Waals surface area contributed by atoms with Crippen LogP contribution in [0.4, 0.5) is 17.1 Å². The van der Waals surface area contributed by atoms with Crippen molar-refractivity contribution in [3.05, 3.63) is 18.2 Å². The van der Waals surface area contributed by atoms with Gasteiger partial charge in [0.25, 0.3) is 0 Å². The second-order valence-corrected chi connectivity index (χ2v) is 3.87. The fourth-order valence-electron chi connectivity index (χ4n) is 1.97. The summed E-state index contributed by atoms with van der Waals surface area (Å²) in [5.74, 6) is 0. The van der Waals surface area contributed by atoms with E-state index >= 15 is 0 Å². The predicted octanol–water partition coefficient (Wildman–Crippen LogP) is 1.84. The summed E-state index contributed by atoms with van der Waals surface area (Å²) < 4.78 is 0. The second-order valence-electron chi connectivity index (χ2n) is 3.87. The molecule has 14 heavy (non-hydrogen) atoms. The van der Waals surface area contributed by atoms with Gasteiger partial charge in [0.05, 0.1) is 11.4 Å². The molecule has 0 amide bonds. The van der Waals surface area contributed by atoms with Crippen LogP contribution in [0.5, 0.6) is 0 Å². The van der Waals surface area contributed by atoms with Gasteiger partial charge in [-0.3, -0.25) is 0 Å². The Balaban J connectivity index is 2.24. The van der Waals surface area contributed by atoms with Crippen LogP contribution in [-0.2, 0) is 0 Å². The Kier molecular flexibility index (Phi) is 2.48. The molecule has 0 aromatic heterocycles. The predicted molar refractivity (Wildman–Crippen MR) is 61.3 cm³/mol. The number of piperidine rings is 1. The van der Waals surface area contributed by atoms with Gasteiger partial charge < -0.3 is 16.4 Å². The minimum atomic E-state index is 0.791. The zero-order valence-corrected chi connectivity index (χ0v) is 8.37. The summed E-state index contributed by atoms with van der Waals surface area (Å²) in [4.78, 5) is 2.33. The summed E-state index contributed by atoms with van der Waals surface area (Å²) in [5.41, 5.74) is 14.4. The van der Waals surface area contributed by atoms with Gasteiger partial charge in [-0.15, -0.1) is 0 Å². The van der Waals surface area contributed by atoms with Crippen molar-refractivity contribution in [1.29, 1.82) is 0 Å². The summed E-state index contributed by atoms with van der Waals surface area (Å²) in [6.45, 7) is 2.21. The molecule has 0 atom stereocenters. The van der Waals surface area contributed by atoms with Gasteiger partial charge in [-0.2, -0.15) is 0 Å². The van der Waals surface area contributed by atoms with Crippen molar-refractivity contribution >= 4 is 17.1 Å². The minimum absolute atomic E-state index is 0.791. The molecular weight excluding hydrogens is 174 g/mol. The van der Waals surface area contributed by atoms with Crippen LogP contribution in [-0.4, -0.2) is 13.1 Å². The standard InChI is InChI=1S/C11H17N3/c12-9-4-5-10(13)11(8-9)14-6-2-1-3-7-14/h4-5,8H,1-3,6-7,12-13H2. The highest BCUT2D eigenvalue weighted by molar-refractivity contribution is 5.72. The van der Waals surface area contributed by atoms with E-state index in [9.17, 15) is 0 Å². The third-order valence-electron chi connectivity index (χ3n) is 2.75. The highest BCUT2D eigenvalue weighted by Gasteiger charge is 2.13. The number of nitrogens with zero attached hydrogens (tertiary/aromatic N) is 1. The van der Waals surface area contributed by atoms with E-state index in [1.807, 2.05) is 18.2 Å². The molecule has 1 aromatic carbocycles. The smallest absolute Gasteiger partial charge is 0.0620 e. The molecule has 76 valence electrons. The summed E-state index contributed by atoms with van der Waals surface area (Å²) in [5, 5.41) is 0. The molecule has 1 aliphatic heterocycles. The average molecular weight is 191 g/mol. The number of nitrogen functional groups attached to an aromatic ring is 2. The molecule has 0 saturated carbocycles. The Morgan fingerprint density at radius 1 is 1.00 bits per heavy atom. The first kappa shape index (κ1) is 9.19. The van der Waals surface area contributed by atoms with Gasteiger partial charge in [-0.25, -0.2) is 0 Å². The van der Waals surface area contributed by atoms with Crippen molar-refractivity contribution in [1.82, 2.24) is 0 Å².